The van der Waals surface area contributed by atoms with Crippen molar-refractivity contribution in [1.82, 2.24) is 20.5 Å². The van der Waals surface area contributed by atoms with Gasteiger partial charge in [-0.05, 0) is 19.3 Å². The largest absolute Gasteiger partial charge is 0.440 e. The minimum atomic E-state index is -0.163. The number of nitrogens with zero attached hydrogens (tertiary/aromatic N) is 3. The van der Waals surface area contributed by atoms with E-state index in [1.54, 1.807) is 24.2 Å². The van der Waals surface area contributed by atoms with E-state index in [1.807, 2.05) is 11.0 Å². The zero-order valence-corrected chi connectivity index (χ0v) is 15.3. The maximum absolute atomic E-state index is 12.6. The maximum Gasteiger partial charge on any atom is 0.270 e. The Kier molecular flexibility index (Phi) is 3.82. The molecule has 2 bridgehead atoms. The Morgan fingerprint density at radius 3 is 2.96 bits per heavy atom. The fraction of sp³-hybridized carbons (Fsp3) is 0.526. The van der Waals surface area contributed by atoms with E-state index in [0.29, 0.717) is 42.3 Å². The molecule has 0 aliphatic carbocycles. The van der Waals surface area contributed by atoms with Gasteiger partial charge in [0.1, 0.15) is 11.3 Å². The molecule has 3 saturated heterocycles. The van der Waals surface area contributed by atoms with E-state index in [-0.39, 0.29) is 17.9 Å². The summed E-state index contributed by atoms with van der Waals surface area (Å²) >= 11 is 0. The molecule has 5 rings (SSSR count). The Balaban J connectivity index is 1.33. The van der Waals surface area contributed by atoms with E-state index in [9.17, 15) is 9.59 Å². The normalized spacial score (nSPS) is 27.6. The van der Waals surface area contributed by atoms with Gasteiger partial charge in [-0.2, -0.15) is 0 Å². The molecule has 2 aromatic rings. The lowest BCUT2D eigenvalue weighted by Gasteiger charge is -2.31. The van der Waals surface area contributed by atoms with Crippen molar-refractivity contribution in [3.63, 3.8) is 0 Å². The van der Waals surface area contributed by atoms with E-state index in [1.165, 1.54) is 6.42 Å². The Morgan fingerprint density at radius 1 is 1.33 bits per heavy atom. The molecule has 0 spiro atoms. The number of hydrogen-bond donors (Lipinski definition) is 2. The Labute approximate surface area is 156 Å². The van der Waals surface area contributed by atoms with Gasteiger partial charge in [0.15, 0.2) is 5.88 Å². The van der Waals surface area contributed by atoms with Crippen molar-refractivity contribution in [2.24, 2.45) is 0 Å². The van der Waals surface area contributed by atoms with Crippen molar-refractivity contribution in [1.29, 1.82) is 0 Å². The molecule has 142 valence electrons. The molecule has 0 radical (unpaired) electrons. The summed E-state index contributed by atoms with van der Waals surface area (Å²) in [5.74, 6) is 0.548. The van der Waals surface area contributed by atoms with E-state index >= 15 is 0 Å². The third-order valence-electron chi connectivity index (χ3n) is 6.01. The van der Waals surface area contributed by atoms with Crippen molar-refractivity contribution >= 4 is 28.7 Å². The molecule has 2 aromatic heterocycles. The number of likely N-dealkylation sites (N-methyl/N-ethyl adjacent to an activating group) is 1. The second kappa shape index (κ2) is 6.23. The van der Waals surface area contributed by atoms with Crippen molar-refractivity contribution in [3.05, 3.63) is 24.0 Å². The van der Waals surface area contributed by atoms with Gasteiger partial charge in [-0.25, -0.2) is 0 Å². The summed E-state index contributed by atoms with van der Waals surface area (Å²) in [7, 11) is 1.80. The molecular formula is C19H23N5O3. The molecule has 3 fully saturated rings. The summed E-state index contributed by atoms with van der Waals surface area (Å²) < 4.78 is 5.92. The van der Waals surface area contributed by atoms with Crippen molar-refractivity contribution in [2.45, 2.75) is 37.4 Å². The topological polar surface area (TPSA) is 90.7 Å². The molecule has 0 unspecified atom stereocenters. The number of amides is 2. The lowest BCUT2D eigenvalue weighted by atomic mass is 9.95. The number of furan rings is 1. The highest BCUT2D eigenvalue weighted by Crippen LogP contribution is 2.29. The summed E-state index contributed by atoms with van der Waals surface area (Å²) in [5, 5.41) is 7.45. The van der Waals surface area contributed by atoms with Gasteiger partial charge in [-0.15, -0.1) is 0 Å². The van der Waals surface area contributed by atoms with Crippen LogP contribution >= 0.6 is 0 Å². The SMILES string of the molecule is CN1CCN(c2cc3cnc(C(=O)N[C@@H]4C[C@H]5CC[C@@H]4N5)cc3o2)CC1=O. The first-order valence-electron chi connectivity index (χ1n) is 9.52. The highest BCUT2D eigenvalue weighted by Gasteiger charge is 2.39. The summed E-state index contributed by atoms with van der Waals surface area (Å²) in [4.78, 5) is 32.5. The molecule has 0 saturated carbocycles. The molecule has 2 amide bonds. The molecule has 2 N–H and O–H groups in total. The third-order valence-corrected chi connectivity index (χ3v) is 6.01. The quantitative estimate of drug-likeness (QED) is 0.829. The van der Waals surface area contributed by atoms with Crippen LogP contribution in [-0.2, 0) is 4.79 Å². The van der Waals surface area contributed by atoms with E-state index in [0.717, 1.165) is 24.8 Å². The Bertz CT molecular complexity index is 910. The van der Waals surface area contributed by atoms with Crippen LogP contribution in [0.5, 0.6) is 0 Å². The van der Waals surface area contributed by atoms with Crippen LogP contribution in [0.4, 0.5) is 5.88 Å². The van der Waals surface area contributed by atoms with Gasteiger partial charge >= 0.3 is 0 Å². The first-order chi connectivity index (χ1) is 13.1. The van der Waals surface area contributed by atoms with E-state index in [4.69, 9.17) is 4.42 Å². The van der Waals surface area contributed by atoms with Crippen LogP contribution in [-0.4, -0.2) is 66.5 Å². The van der Waals surface area contributed by atoms with Gasteiger partial charge in [0.2, 0.25) is 5.91 Å². The van der Waals surface area contributed by atoms with Crippen molar-refractivity contribution < 1.29 is 14.0 Å². The zero-order valence-electron chi connectivity index (χ0n) is 15.3. The minimum Gasteiger partial charge on any atom is -0.440 e. The van der Waals surface area contributed by atoms with Gasteiger partial charge in [0.25, 0.3) is 5.91 Å². The van der Waals surface area contributed by atoms with Crippen molar-refractivity contribution in [3.8, 4) is 0 Å². The first-order valence-corrected chi connectivity index (χ1v) is 9.52. The number of aromatic nitrogens is 1. The standard InChI is InChI=1S/C19H23N5O3/c1-23-4-5-24(10-17(23)25)18-6-11-9-20-15(8-16(11)27-18)19(26)22-14-7-12-2-3-13(14)21-12/h6,8-9,12-14,21H,2-5,7,10H2,1H3,(H,22,26)/t12-,13+,14-/m1/s1. The predicted octanol–water partition coefficient (Wildman–Crippen LogP) is 0.729. The van der Waals surface area contributed by atoms with Gasteiger partial charge in [0, 0.05) is 62.0 Å². The van der Waals surface area contributed by atoms with Crippen LogP contribution in [0, 0.1) is 0 Å². The molecule has 5 heterocycles. The molecule has 0 aromatic carbocycles. The van der Waals surface area contributed by atoms with E-state index in [2.05, 4.69) is 15.6 Å². The minimum absolute atomic E-state index is 0.0689. The molecule has 3 aliphatic rings. The number of hydrogen-bond acceptors (Lipinski definition) is 6. The number of piperazine rings is 1. The van der Waals surface area contributed by atoms with Gasteiger partial charge < -0.3 is 24.9 Å². The Morgan fingerprint density at radius 2 is 2.22 bits per heavy atom. The lowest BCUT2D eigenvalue weighted by Crippen LogP contribution is -2.48. The first kappa shape index (κ1) is 16.6. The highest BCUT2D eigenvalue weighted by atomic mass is 16.4. The smallest absolute Gasteiger partial charge is 0.270 e. The molecular weight excluding hydrogens is 346 g/mol. The third kappa shape index (κ3) is 2.93. The molecule has 3 aliphatic heterocycles. The Hall–Kier alpha value is -2.61. The summed E-state index contributed by atoms with van der Waals surface area (Å²) in [6, 6.07) is 4.66. The molecule has 8 heteroatoms. The number of carbonyl (C=O) groups is 2. The average Bonchev–Trinajstić information content (AvgIpc) is 3.38. The number of rotatable bonds is 3. The zero-order chi connectivity index (χ0) is 18.5. The van der Waals surface area contributed by atoms with Crippen LogP contribution in [0.2, 0.25) is 0 Å². The van der Waals surface area contributed by atoms with E-state index < -0.39 is 0 Å². The summed E-state index contributed by atoms with van der Waals surface area (Å²) in [6.45, 7) is 1.69. The molecule has 8 nitrogen and oxygen atoms in total. The van der Waals surface area contributed by atoms with Crippen LogP contribution in [0.15, 0.2) is 22.7 Å². The molecule has 27 heavy (non-hydrogen) atoms. The number of anilines is 1. The number of nitrogens with one attached hydrogen (secondary N) is 2. The second-order valence-corrected chi connectivity index (χ2v) is 7.79. The summed E-state index contributed by atoms with van der Waals surface area (Å²) in [6.07, 6.45) is 4.97. The van der Waals surface area contributed by atoms with Gasteiger partial charge in [0.05, 0.1) is 6.54 Å². The van der Waals surface area contributed by atoms with Crippen LogP contribution in [0.25, 0.3) is 11.0 Å². The van der Waals surface area contributed by atoms with Crippen LogP contribution < -0.4 is 15.5 Å². The van der Waals surface area contributed by atoms with Crippen molar-refractivity contribution in [2.75, 3.05) is 31.6 Å². The summed E-state index contributed by atoms with van der Waals surface area (Å²) in [5.41, 5.74) is 0.975. The fourth-order valence-electron chi connectivity index (χ4n) is 4.37. The second-order valence-electron chi connectivity index (χ2n) is 7.79. The predicted molar refractivity (Wildman–Crippen MR) is 99.7 cm³/mol. The maximum atomic E-state index is 12.6. The average molecular weight is 369 g/mol. The number of carbonyl (C=O) groups excluding carboxylic acids is 2. The molecule has 3 atom stereocenters. The highest BCUT2D eigenvalue weighted by molar-refractivity contribution is 5.96. The fourth-order valence-corrected chi connectivity index (χ4v) is 4.37. The van der Waals surface area contributed by atoms with Gasteiger partial charge in [-0.3, -0.25) is 14.6 Å². The van der Waals surface area contributed by atoms with Crippen LogP contribution in [0.3, 0.4) is 0 Å². The number of pyridine rings is 1. The lowest BCUT2D eigenvalue weighted by molar-refractivity contribution is -0.129. The monoisotopic (exact) mass is 369 g/mol. The van der Waals surface area contributed by atoms with Crippen LogP contribution in [0.1, 0.15) is 29.8 Å². The number of fused-ring (bicyclic) bond motifs is 3. The van der Waals surface area contributed by atoms with Gasteiger partial charge in [-0.1, -0.05) is 0 Å².